The van der Waals surface area contributed by atoms with Crippen molar-refractivity contribution in [2.24, 2.45) is 0 Å². The number of benzene rings is 1. The van der Waals surface area contributed by atoms with Crippen molar-refractivity contribution < 1.29 is 14.6 Å². The fourth-order valence-corrected chi connectivity index (χ4v) is 1.02. The lowest BCUT2D eigenvalue weighted by atomic mass is 10.1. The third-order valence-corrected chi connectivity index (χ3v) is 1.71. The zero-order valence-electron chi connectivity index (χ0n) is 9.27. The normalized spacial score (nSPS) is 8.67. The molecule has 15 heavy (non-hydrogen) atoms. The highest BCUT2D eigenvalue weighted by Gasteiger charge is 1.89. The van der Waals surface area contributed by atoms with E-state index in [2.05, 4.69) is 11.7 Å². The van der Waals surface area contributed by atoms with Gasteiger partial charge < -0.3 is 9.84 Å². The number of aryl methyl sites for hydroxylation is 1. The topological polar surface area (TPSA) is 46.5 Å². The molecule has 1 rings (SSSR count). The molecule has 0 atom stereocenters. The summed E-state index contributed by atoms with van der Waals surface area (Å²) in [5, 5.41) is 8.92. The number of rotatable bonds is 4. The van der Waals surface area contributed by atoms with Crippen molar-refractivity contribution in [3.63, 3.8) is 0 Å². The minimum absolute atomic E-state index is 0.347. The predicted octanol–water partition coefficient (Wildman–Crippen LogP) is 2.52. The standard InChI is InChI=1S/C9H12O.C3H6O2/c1-2-3-8-4-6-9(10)7-5-8;1-2-5-3-4/h4-7,10H,2-3H2,1H3;3H,2H2,1H3. The number of hydrogen-bond donors (Lipinski definition) is 1. The van der Waals surface area contributed by atoms with Crippen LogP contribution in [0.15, 0.2) is 24.3 Å². The van der Waals surface area contributed by atoms with E-state index in [4.69, 9.17) is 5.11 Å². The Morgan fingerprint density at radius 3 is 2.20 bits per heavy atom. The van der Waals surface area contributed by atoms with Gasteiger partial charge in [-0.1, -0.05) is 25.5 Å². The fraction of sp³-hybridized carbons (Fsp3) is 0.417. The smallest absolute Gasteiger partial charge is 0.293 e. The molecule has 0 saturated carbocycles. The summed E-state index contributed by atoms with van der Waals surface area (Å²) >= 11 is 0. The molecule has 1 aromatic rings. The molecule has 0 radical (unpaired) electrons. The minimum atomic E-state index is 0.347. The molecule has 0 aliphatic heterocycles. The molecule has 0 heterocycles. The maximum absolute atomic E-state index is 9.18. The zero-order chi connectivity index (χ0) is 11.5. The second kappa shape index (κ2) is 9.06. The Bertz CT molecular complexity index is 254. The highest BCUT2D eigenvalue weighted by molar-refractivity contribution is 5.36. The Morgan fingerprint density at radius 2 is 1.87 bits per heavy atom. The van der Waals surface area contributed by atoms with Crippen molar-refractivity contribution in [1.82, 2.24) is 0 Å². The van der Waals surface area contributed by atoms with Gasteiger partial charge in [0.25, 0.3) is 6.47 Å². The summed E-state index contributed by atoms with van der Waals surface area (Å²) in [6.07, 6.45) is 2.26. The molecule has 1 N–H and O–H groups in total. The molecule has 0 aliphatic carbocycles. The summed E-state index contributed by atoms with van der Waals surface area (Å²) in [4.78, 5) is 9.18. The van der Waals surface area contributed by atoms with Gasteiger partial charge in [-0.05, 0) is 31.0 Å². The van der Waals surface area contributed by atoms with E-state index in [1.165, 1.54) is 5.56 Å². The summed E-state index contributed by atoms with van der Waals surface area (Å²) < 4.78 is 4.15. The van der Waals surface area contributed by atoms with Gasteiger partial charge in [-0.25, -0.2) is 0 Å². The molecule has 3 nitrogen and oxygen atoms in total. The number of phenols is 1. The Labute approximate surface area is 90.7 Å². The summed E-state index contributed by atoms with van der Waals surface area (Å²) in [5.41, 5.74) is 1.29. The van der Waals surface area contributed by atoms with Gasteiger partial charge in [-0.3, -0.25) is 4.79 Å². The molecule has 0 bridgehead atoms. The number of carbonyl (C=O) groups excluding carboxylic acids is 1. The van der Waals surface area contributed by atoms with Crippen LogP contribution in [-0.4, -0.2) is 18.2 Å². The van der Waals surface area contributed by atoms with Crippen LogP contribution in [-0.2, 0) is 16.0 Å². The summed E-state index contributed by atoms with van der Waals surface area (Å²) in [5.74, 6) is 0.347. The van der Waals surface area contributed by atoms with Crippen LogP contribution in [0.25, 0.3) is 0 Å². The predicted molar refractivity (Wildman–Crippen MR) is 59.8 cm³/mol. The van der Waals surface area contributed by atoms with Gasteiger partial charge in [0.1, 0.15) is 5.75 Å². The Morgan fingerprint density at radius 1 is 1.27 bits per heavy atom. The Hall–Kier alpha value is -1.51. The number of phenolic OH excluding ortho intramolecular Hbond substituents is 1. The first-order chi connectivity index (χ1) is 7.24. The van der Waals surface area contributed by atoms with Gasteiger partial charge in [0, 0.05) is 0 Å². The van der Waals surface area contributed by atoms with Crippen LogP contribution in [0, 0.1) is 0 Å². The van der Waals surface area contributed by atoms with Crippen LogP contribution >= 0.6 is 0 Å². The number of aromatic hydroxyl groups is 1. The Kier molecular flexibility index (Phi) is 8.15. The summed E-state index contributed by atoms with van der Waals surface area (Å²) in [6.45, 7) is 4.81. The van der Waals surface area contributed by atoms with Crippen molar-refractivity contribution in [3.8, 4) is 5.75 Å². The summed E-state index contributed by atoms with van der Waals surface area (Å²) in [7, 11) is 0. The van der Waals surface area contributed by atoms with Crippen molar-refractivity contribution >= 4 is 6.47 Å². The molecule has 0 amide bonds. The van der Waals surface area contributed by atoms with E-state index in [1.807, 2.05) is 12.1 Å². The lowest BCUT2D eigenvalue weighted by molar-refractivity contribution is -0.128. The zero-order valence-corrected chi connectivity index (χ0v) is 9.27. The average Bonchev–Trinajstić information content (AvgIpc) is 2.24. The molecule has 0 unspecified atom stereocenters. The molecular weight excluding hydrogens is 192 g/mol. The van der Waals surface area contributed by atoms with Crippen molar-refractivity contribution in [2.45, 2.75) is 26.7 Å². The van der Waals surface area contributed by atoms with E-state index in [-0.39, 0.29) is 0 Å². The molecule has 0 aromatic heterocycles. The van der Waals surface area contributed by atoms with E-state index in [1.54, 1.807) is 19.1 Å². The number of hydrogen-bond acceptors (Lipinski definition) is 3. The first-order valence-corrected chi connectivity index (χ1v) is 5.07. The Balaban J connectivity index is 0.000000336. The van der Waals surface area contributed by atoms with Crippen molar-refractivity contribution in [1.29, 1.82) is 0 Å². The van der Waals surface area contributed by atoms with E-state index >= 15 is 0 Å². The average molecular weight is 210 g/mol. The van der Waals surface area contributed by atoms with E-state index in [0.717, 1.165) is 12.8 Å². The summed E-state index contributed by atoms with van der Waals surface area (Å²) in [6, 6.07) is 7.37. The van der Waals surface area contributed by atoms with Gasteiger partial charge >= 0.3 is 0 Å². The van der Waals surface area contributed by atoms with Crippen molar-refractivity contribution in [3.05, 3.63) is 29.8 Å². The maximum Gasteiger partial charge on any atom is 0.293 e. The molecular formula is C12H18O3. The maximum atomic E-state index is 9.18. The number of ether oxygens (including phenoxy) is 1. The number of carbonyl (C=O) groups is 1. The van der Waals surface area contributed by atoms with Gasteiger partial charge in [0.15, 0.2) is 0 Å². The van der Waals surface area contributed by atoms with Crippen LogP contribution < -0.4 is 0 Å². The monoisotopic (exact) mass is 210 g/mol. The van der Waals surface area contributed by atoms with Crippen LogP contribution in [0.1, 0.15) is 25.8 Å². The second-order valence-electron chi connectivity index (χ2n) is 2.97. The molecule has 0 aliphatic rings. The third-order valence-electron chi connectivity index (χ3n) is 1.71. The highest BCUT2D eigenvalue weighted by atomic mass is 16.5. The molecule has 0 saturated heterocycles. The molecule has 3 heteroatoms. The third kappa shape index (κ3) is 7.55. The van der Waals surface area contributed by atoms with Crippen LogP contribution in [0.2, 0.25) is 0 Å². The van der Waals surface area contributed by atoms with Crippen LogP contribution in [0.3, 0.4) is 0 Å². The van der Waals surface area contributed by atoms with Crippen molar-refractivity contribution in [2.75, 3.05) is 6.61 Å². The molecule has 84 valence electrons. The molecule has 1 aromatic carbocycles. The van der Waals surface area contributed by atoms with Crippen LogP contribution in [0.4, 0.5) is 0 Å². The molecule has 0 spiro atoms. The first kappa shape index (κ1) is 13.5. The highest BCUT2D eigenvalue weighted by Crippen LogP contribution is 2.10. The SMILES string of the molecule is CCCc1ccc(O)cc1.CCOC=O. The molecule has 0 fully saturated rings. The largest absolute Gasteiger partial charge is 0.508 e. The van der Waals surface area contributed by atoms with Gasteiger partial charge in [-0.15, -0.1) is 0 Å². The second-order valence-corrected chi connectivity index (χ2v) is 2.97. The van der Waals surface area contributed by atoms with E-state index in [9.17, 15) is 4.79 Å². The quantitative estimate of drug-likeness (QED) is 0.777. The first-order valence-electron chi connectivity index (χ1n) is 5.07. The fourth-order valence-electron chi connectivity index (χ4n) is 1.02. The van der Waals surface area contributed by atoms with E-state index in [0.29, 0.717) is 18.8 Å². The lowest BCUT2D eigenvalue weighted by Crippen LogP contribution is -1.80. The van der Waals surface area contributed by atoms with E-state index < -0.39 is 0 Å². The van der Waals surface area contributed by atoms with Gasteiger partial charge in [0.2, 0.25) is 0 Å². The van der Waals surface area contributed by atoms with Gasteiger partial charge in [0.05, 0.1) is 6.61 Å². The minimum Gasteiger partial charge on any atom is -0.508 e. The van der Waals surface area contributed by atoms with Gasteiger partial charge in [-0.2, -0.15) is 0 Å². The van der Waals surface area contributed by atoms with Crippen LogP contribution in [0.5, 0.6) is 5.75 Å². The lowest BCUT2D eigenvalue weighted by Gasteiger charge is -1.96.